The molecule has 5 fully saturated rings. The largest absolute Gasteiger partial charge is 0.382 e. The Hall–Kier alpha value is -0.780. The zero-order valence-electron chi connectivity index (χ0n) is 19.5. The fourth-order valence-electron chi connectivity index (χ4n) is 8.80. The molecule has 1 N–H and O–H groups in total. The molecule has 5 nitrogen and oxygen atoms in total. The second-order valence-electron chi connectivity index (χ2n) is 11.9. The van der Waals surface area contributed by atoms with E-state index < -0.39 is 5.60 Å². The Morgan fingerprint density at radius 2 is 1.84 bits per heavy atom. The van der Waals surface area contributed by atoms with Gasteiger partial charge in [0.15, 0.2) is 17.9 Å². The summed E-state index contributed by atoms with van der Waals surface area (Å²) in [5.74, 6) is 2.13. The Kier molecular flexibility index (Phi) is 5.42. The summed E-state index contributed by atoms with van der Waals surface area (Å²) in [5, 5.41) is 11.3. The van der Waals surface area contributed by atoms with E-state index in [0.29, 0.717) is 36.5 Å². The van der Waals surface area contributed by atoms with Crippen molar-refractivity contribution in [3.63, 3.8) is 0 Å². The highest BCUT2D eigenvalue weighted by molar-refractivity contribution is 5.86. The van der Waals surface area contributed by atoms with Crippen LogP contribution in [0.15, 0.2) is 0 Å². The van der Waals surface area contributed by atoms with Crippen LogP contribution in [0.5, 0.6) is 0 Å². The van der Waals surface area contributed by atoms with Crippen LogP contribution in [0, 0.1) is 34.5 Å². The van der Waals surface area contributed by atoms with Crippen LogP contribution in [0.1, 0.15) is 91.4 Å². The molecule has 1 heterocycles. The average Bonchev–Trinajstić information content (AvgIpc) is 3.02. The van der Waals surface area contributed by atoms with Crippen molar-refractivity contribution >= 4 is 11.6 Å². The third kappa shape index (κ3) is 3.20. The van der Waals surface area contributed by atoms with Crippen LogP contribution >= 0.6 is 0 Å². The molecule has 0 aromatic heterocycles. The van der Waals surface area contributed by atoms with Crippen LogP contribution in [-0.2, 0) is 19.1 Å². The molecule has 4 aliphatic carbocycles. The molecule has 1 aliphatic heterocycles. The Balaban J connectivity index is 1.37. The van der Waals surface area contributed by atoms with E-state index in [1.807, 2.05) is 0 Å². The number of fused-ring (bicyclic) bond motifs is 5. The minimum atomic E-state index is -1.16. The summed E-state index contributed by atoms with van der Waals surface area (Å²) in [6.07, 6.45) is 9.67. The molecule has 0 aromatic carbocycles. The normalized spacial score (nSPS) is 52.2. The van der Waals surface area contributed by atoms with Crippen LogP contribution in [0.25, 0.3) is 0 Å². The van der Waals surface area contributed by atoms with E-state index in [1.165, 1.54) is 0 Å². The molecule has 0 radical (unpaired) electrons. The van der Waals surface area contributed by atoms with Gasteiger partial charge >= 0.3 is 0 Å². The summed E-state index contributed by atoms with van der Waals surface area (Å²) in [6, 6.07) is 0. The standard InChI is InChI=1S/C26H40O5/c1-16(27)26(29)12-10-20-18-8-7-17-14-21(28)22(31-23-6-4-5-13-30-23)15-24(17,2)19(18)9-11-25(20,26)3/h17-20,22-23,29H,4-15H2,1-3H3/t17-,18-,19+,20+,22?,23+,24+,25+,26+/m1/s1. The van der Waals surface area contributed by atoms with Crippen molar-refractivity contribution < 1.29 is 24.2 Å². The van der Waals surface area contributed by atoms with Gasteiger partial charge in [-0.3, -0.25) is 9.59 Å². The molecule has 174 valence electrons. The molecule has 9 atom stereocenters. The Bertz CT molecular complexity index is 744. The number of aliphatic hydroxyl groups is 1. The van der Waals surface area contributed by atoms with Gasteiger partial charge in [-0.05, 0) is 100 Å². The van der Waals surface area contributed by atoms with E-state index in [0.717, 1.165) is 64.4 Å². The van der Waals surface area contributed by atoms with E-state index in [2.05, 4.69) is 13.8 Å². The van der Waals surface area contributed by atoms with Gasteiger partial charge in [0, 0.05) is 18.4 Å². The van der Waals surface area contributed by atoms with E-state index >= 15 is 0 Å². The van der Waals surface area contributed by atoms with Gasteiger partial charge < -0.3 is 14.6 Å². The number of hydrogen-bond acceptors (Lipinski definition) is 5. The van der Waals surface area contributed by atoms with Crippen molar-refractivity contribution in [2.24, 2.45) is 34.5 Å². The summed E-state index contributed by atoms with van der Waals surface area (Å²) in [6.45, 7) is 6.89. The molecule has 5 heteroatoms. The van der Waals surface area contributed by atoms with Crippen LogP contribution in [0.3, 0.4) is 0 Å². The minimum absolute atomic E-state index is 0.0555. The second-order valence-corrected chi connectivity index (χ2v) is 11.9. The van der Waals surface area contributed by atoms with Crippen LogP contribution in [0.4, 0.5) is 0 Å². The molecule has 0 spiro atoms. The van der Waals surface area contributed by atoms with Crippen molar-refractivity contribution in [2.75, 3.05) is 6.61 Å². The van der Waals surface area contributed by atoms with E-state index in [9.17, 15) is 14.7 Å². The average molecular weight is 433 g/mol. The summed E-state index contributed by atoms with van der Waals surface area (Å²) >= 11 is 0. The highest BCUT2D eigenvalue weighted by Gasteiger charge is 2.66. The highest BCUT2D eigenvalue weighted by atomic mass is 16.7. The zero-order chi connectivity index (χ0) is 22.0. The topological polar surface area (TPSA) is 72.8 Å². The number of ether oxygens (including phenoxy) is 2. The van der Waals surface area contributed by atoms with Gasteiger partial charge in [-0.25, -0.2) is 0 Å². The molecule has 4 saturated carbocycles. The maximum absolute atomic E-state index is 13.0. The fraction of sp³-hybridized carbons (Fsp3) is 0.923. The molecule has 1 unspecified atom stereocenters. The van der Waals surface area contributed by atoms with Crippen LogP contribution < -0.4 is 0 Å². The molecule has 0 amide bonds. The third-order valence-corrected chi connectivity index (χ3v) is 10.7. The summed E-state index contributed by atoms with van der Waals surface area (Å²) in [7, 11) is 0. The number of carbonyl (C=O) groups is 2. The number of hydrogen-bond donors (Lipinski definition) is 1. The number of ketones is 2. The number of carbonyl (C=O) groups excluding carboxylic acids is 2. The SMILES string of the molecule is CC(=O)[C@@]1(O)CC[C@H]2[C@@H]3CC[C@@H]4CC(=O)C(O[C@H]5CCCCO5)C[C@]4(C)[C@H]3CC[C@@]21C. The molecule has 0 aromatic rings. The van der Waals surface area contributed by atoms with E-state index in [-0.39, 0.29) is 34.8 Å². The van der Waals surface area contributed by atoms with Gasteiger partial charge in [0.2, 0.25) is 0 Å². The molecule has 31 heavy (non-hydrogen) atoms. The molecule has 0 bridgehead atoms. The van der Waals surface area contributed by atoms with Crippen molar-refractivity contribution in [1.82, 2.24) is 0 Å². The summed E-state index contributed by atoms with van der Waals surface area (Å²) in [4.78, 5) is 25.4. The van der Waals surface area contributed by atoms with Gasteiger partial charge in [0.05, 0.1) is 0 Å². The first kappa shape index (κ1) is 22.0. The smallest absolute Gasteiger partial charge is 0.161 e. The first-order valence-electron chi connectivity index (χ1n) is 12.7. The number of rotatable bonds is 3. The van der Waals surface area contributed by atoms with Crippen LogP contribution in [0.2, 0.25) is 0 Å². The van der Waals surface area contributed by atoms with Gasteiger partial charge in [-0.2, -0.15) is 0 Å². The Morgan fingerprint density at radius 1 is 1.06 bits per heavy atom. The lowest BCUT2D eigenvalue weighted by atomic mass is 9.44. The zero-order valence-corrected chi connectivity index (χ0v) is 19.5. The van der Waals surface area contributed by atoms with Gasteiger partial charge in [0.25, 0.3) is 0 Å². The molecular weight excluding hydrogens is 392 g/mol. The Morgan fingerprint density at radius 3 is 2.55 bits per heavy atom. The Labute approximate surface area is 186 Å². The highest BCUT2D eigenvalue weighted by Crippen LogP contribution is 2.68. The van der Waals surface area contributed by atoms with Crippen molar-refractivity contribution in [3.8, 4) is 0 Å². The van der Waals surface area contributed by atoms with Gasteiger partial charge in [-0.1, -0.05) is 13.8 Å². The molecule has 5 rings (SSSR count). The first-order chi connectivity index (χ1) is 14.7. The molecule has 1 saturated heterocycles. The lowest BCUT2D eigenvalue weighted by Crippen LogP contribution is -2.59. The third-order valence-electron chi connectivity index (χ3n) is 10.7. The first-order valence-corrected chi connectivity index (χ1v) is 12.7. The second kappa shape index (κ2) is 7.63. The predicted molar refractivity (Wildman–Crippen MR) is 116 cm³/mol. The summed E-state index contributed by atoms with van der Waals surface area (Å²) in [5.41, 5.74) is -1.37. The lowest BCUT2D eigenvalue weighted by molar-refractivity contribution is -0.215. The van der Waals surface area contributed by atoms with Crippen molar-refractivity contribution in [2.45, 2.75) is 109 Å². The fourth-order valence-corrected chi connectivity index (χ4v) is 8.80. The van der Waals surface area contributed by atoms with Gasteiger partial charge in [0.1, 0.15) is 11.7 Å². The van der Waals surface area contributed by atoms with E-state index in [4.69, 9.17) is 9.47 Å². The quantitative estimate of drug-likeness (QED) is 0.668. The van der Waals surface area contributed by atoms with Gasteiger partial charge in [-0.15, -0.1) is 0 Å². The van der Waals surface area contributed by atoms with Crippen molar-refractivity contribution in [1.29, 1.82) is 0 Å². The lowest BCUT2D eigenvalue weighted by Gasteiger charge is -2.61. The predicted octanol–water partition coefficient (Wildman–Crippen LogP) is 4.44. The van der Waals surface area contributed by atoms with E-state index in [1.54, 1.807) is 6.92 Å². The molecule has 5 aliphatic rings. The van der Waals surface area contributed by atoms with Crippen LogP contribution in [-0.4, -0.2) is 41.3 Å². The monoisotopic (exact) mass is 432 g/mol. The maximum atomic E-state index is 13.0. The molecular formula is C26H40O5. The summed E-state index contributed by atoms with van der Waals surface area (Å²) < 4.78 is 12.0. The van der Waals surface area contributed by atoms with Crippen molar-refractivity contribution in [3.05, 3.63) is 0 Å². The number of Topliss-reactive ketones (excluding diaryl/α,β-unsaturated/α-hetero) is 2. The minimum Gasteiger partial charge on any atom is -0.382 e. The maximum Gasteiger partial charge on any atom is 0.161 e.